The summed E-state index contributed by atoms with van der Waals surface area (Å²) >= 11 is 0. The Morgan fingerprint density at radius 2 is 1.96 bits per heavy atom. The second-order valence-electron chi connectivity index (χ2n) is 4.46. The maximum absolute atomic E-state index is 12.7. The van der Waals surface area contributed by atoms with Crippen LogP contribution < -0.4 is 16.1 Å². The molecule has 120 valence electrons. The van der Waals surface area contributed by atoms with Crippen molar-refractivity contribution in [2.75, 3.05) is 6.54 Å². The van der Waals surface area contributed by atoms with Crippen molar-refractivity contribution in [1.82, 2.24) is 16.1 Å². The maximum atomic E-state index is 12.7. The number of rotatable bonds is 6. The lowest BCUT2D eigenvalue weighted by molar-refractivity contribution is -0.120. The first-order valence-electron chi connectivity index (χ1n) is 6.75. The Labute approximate surface area is 131 Å². The molecule has 3 N–H and O–H groups in total. The van der Waals surface area contributed by atoms with Crippen LogP contribution in [0.3, 0.4) is 0 Å². The second kappa shape index (κ2) is 8.32. The van der Waals surface area contributed by atoms with Crippen molar-refractivity contribution in [3.05, 3.63) is 59.8 Å². The van der Waals surface area contributed by atoms with Gasteiger partial charge in [-0.15, -0.1) is 0 Å². The van der Waals surface area contributed by atoms with Gasteiger partial charge in [-0.25, -0.2) is 14.6 Å². The molecular formula is C15H15FN4O3. The molecule has 0 unspecified atom stereocenters. The lowest BCUT2D eigenvalue weighted by atomic mass is 10.2. The Morgan fingerprint density at radius 3 is 2.65 bits per heavy atom. The molecule has 1 aromatic heterocycles. The molecule has 0 radical (unpaired) electrons. The minimum absolute atomic E-state index is 0.225. The van der Waals surface area contributed by atoms with E-state index in [1.54, 1.807) is 12.1 Å². The molecule has 8 heteroatoms. The quantitative estimate of drug-likeness (QED) is 0.554. The number of amides is 3. The molecule has 0 saturated carbocycles. The lowest BCUT2D eigenvalue weighted by Gasteiger charge is -2.05. The van der Waals surface area contributed by atoms with E-state index >= 15 is 0 Å². The summed E-state index contributed by atoms with van der Waals surface area (Å²) in [4.78, 5) is 22.9. The van der Waals surface area contributed by atoms with Gasteiger partial charge in [0.05, 0.1) is 19.0 Å². The molecule has 0 atom stereocenters. The summed E-state index contributed by atoms with van der Waals surface area (Å²) in [5.74, 6) is -0.235. The maximum Gasteiger partial charge on any atom is 0.315 e. The number of nitrogens with one attached hydrogen (secondary N) is 3. The average Bonchev–Trinajstić information content (AvgIpc) is 3.06. The number of benzene rings is 1. The monoisotopic (exact) mass is 318 g/mol. The zero-order valence-corrected chi connectivity index (χ0v) is 12.1. The molecule has 1 aromatic carbocycles. The fraction of sp³-hybridized carbons (Fsp3) is 0.133. The third-order valence-corrected chi connectivity index (χ3v) is 2.69. The van der Waals surface area contributed by atoms with Crippen molar-refractivity contribution in [2.24, 2.45) is 5.10 Å². The number of halogens is 1. The van der Waals surface area contributed by atoms with Crippen LogP contribution >= 0.6 is 0 Å². The van der Waals surface area contributed by atoms with Gasteiger partial charge in [0.25, 0.3) is 5.91 Å². The van der Waals surface area contributed by atoms with Gasteiger partial charge in [-0.3, -0.25) is 4.79 Å². The highest BCUT2D eigenvalue weighted by atomic mass is 19.1. The molecule has 0 aliphatic carbocycles. The molecule has 0 fully saturated rings. The summed E-state index contributed by atoms with van der Waals surface area (Å²) in [5.41, 5.74) is 2.88. The Bertz CT molecular complexity index is 669. The van der Waals surface area contributed by atoms with Crippen LogP contribution in [0.4, 0.5) is 9.18 Å². The molecule has 0 aliphatic rings. The SMILES string of the molecule is O=C(CNC(=O)NCc1ccco1)N/N=C\c1ccc(F)cc1. The summed E-state index contributed by atoms with van der Waals surface area (Å²) in [5, 5.41) is 8.61. The average molecular weight is 318 g/mol. The smallest absolute Gasteiger partial charge is 0.315 e. The van der Waals surface area contributed by atoms with Crippen LogP contribution in [0.15, 0.2) is 52.2 Å². The van der Waals surface area contributed by atoms with E-state index in [-0.39, 0.29) is 18.9 Å². The third-order valence-electron chi connectivity index (χ3n) is 2.69. The Morgan fingerprint density at radius 1 is 1.17 bits per heavy atom. The number of furan rings is 1. The highest BCUT2D eigenvalue weighted by molar-refractivity contribution is 5.85. The molecule has 2 aromatic rings. The first-order chi connectivity index (χ1) is 11.1. The van der Waals surface area contributed by atoms with E-state index in [2.05, 4.69) is 21.2 Å². The summed E-state index contributed by atoms with van der Waals surface area (Å²) in [6.45, 7) is -0.00603. The molecule has 7 nitrogen and oxygen atoms in total. The molecule has 0 aliphatic heterocycles. The van der Waals surface area contributed by atoms with E-state index < -0.39 is 11.9 Å². The molecular weight excluding hydrogens is 303 g/mol. The predicted octanol–water partition coefficient (Wildman–Crippen LogP) is 1.37. The van der Waals surface area contributed by atoms with Gasteiger partial charge in [0.1, 0.15) is 18.1 Å². The van der Waals surface area contributed by atoms with Gasteiger partial charge in [0.2, 0.25) is 0 Å². The zero-order chi connectivity index (χ0) is 16.5. The van der Waals surface area contributed by atoms with E-state index in [9.17, 15) is 14.0 Å². The number of hydrogen-bond donors (Lipinski definition) is 3. The Hall–Kier alpha value is -3.16. The number of urea groups is 1. The van der Waals surface area contributed by atoms with Crippen molar-refractivity contribution in [3.63, 3.8) is 0 Å². The first kappa shape index (κ1) is 16.2. The molecule has 3 amide bonds. The summed E-state index contributed by atoms with van der Waals surface area (Å²) in [6, 6.07) is 8.54. The second-order valence-corrected chi connectivity index (χ2v) is 4.46. The number of hydrogen-bond acceptors (Lipinski definition) is 4. The van der Waals surface area contributed by atoms with E-state index in [0.717, 1.165) is 0 Å². The van der Waals surface area contributed by atoms with Crippen molar-refractivity contribution < 1.29 is 18.4 Å². The number of hydrazone groups is 1. The lowest BCUT2D eigenvalue weighted by Crippen LogP contribution is -2.40. The summed E-state index contributed by atoms with van der Waals surface area (Å²) in [7, 11) is 0. The normalized spacial score (nSPS) is 10.5. The van der Waals surface area contributed by atoms with Gasteiger partial charge < -0.3 is 15.1 Å². The van der Waals surface area contributed by atoms with Crippen LogP contribution in [-0.4, -0.2) is 24.7 Å². The van der Waals surface area contributed by atoms with Crippen molar-refractivity contribution >= 4 is 18.2 Å². The van der Waals surface area contributed by atoms with Gasteiger partial charge in [-0.1, -0.05) is 12.1 Å². The number of nitrogens with zero attached hydrogens (tertiary/aromatic N) is 1. The molecule has 0 bridgehead atoms. The van der Waals surface area contributed by atoms with Gasteiger partial charge in [0.15, 0.2) is 0 Å². The van der Waals surface area contributed by atoms with Crippen LogP contribution in [0.5, 0.6) is 0 Å². The van der Waals surface area contributed by atoms with E-state index in [4.69, 9.17) is 4.42 Å². The molecule has 1 heterocycles. The largest absolute Gasteiger partial charge is 0.467 e. The fourth-order valence-electron chi connectivity index (χ4n) is 1.57. The first-order valence-corrected chi connectivity index (χ1v) is 6.75. The highest BCUT2D eigenvalue weighted by Crippen LogP contribution is 1.99. The molecule has 2 rings (SSSR count). The summed E-state index contributed by atoms with van der Waals surface area (Å²) < 4.78 is 17.7. The third kappa shape index (κ3) is 6.00. The minimum Gasteiger partial charge on any atom is -0.467 e. The number of carbonyl (C=O) groups excluding carboxylic acids is 2. The van der Waals surface area contributed by atoms with Gasteiger partial charge >= 0.3 is 6.03 Å². The van der Waals surface area contributed by atoms with Crippen LogP contribution in [0.2, 0.25) is 0 Å². The summed E-state index contributed by atoms with van der Waals surface area (Å²) in [6.07, 6.45) is 2.87. The molecule has 0 saturated heterocycles. The van der Waals surface area contributed by atoms with Crippen molar-refractivity contribution in [2.45, 2.75) is 6.54 Å². The van der Waals surface area contributed by atoms with Crippen molar-refractivity contribution in [1.29, 1.82) is 0 Å². The predicted molar refractivity (Wildman–Crippen MR) is 81.1 cm³/mol. The topological polar surface area (TPSA) is 95.7 Å². The Balaban J connectivity index is 1.64. The Kier molecular flexibility index (Phi) is 5.87. The van der Waals surface area contributed by atoms with Gasteiger partial charge in [-0.05, 0) is 29.8 Å². The van der Waals surface area contributed by atoms with Crippen LogP contribution in [0.1, 0.15) is 11.3 Å². The highest BCUT2D eigenvalue weighted by Gasteiger charge is 2.04. The zero-order valence-electron chi connectivity index (χ0n) is 12.1. The fourth-order valence-corrected chi connectivity index (χ4v) is 1.57. The minimum atomic E-state index is -0.501. The van der Waals surface area contributed by atoms with E-state index in [1.165, 1.54) is 36.7 Å². The molecule has 0 spiro atoms. The van der Waals surface area contributed by atoms with Gasteiger partial charge in [-0.2, -0.15) is 5.10 Å². The molecule has 23 heavy (non-hydrogen) atoms. The van der Waals surface area contributed by atoms with Gasteiger partial charge in [0, 0.05) is 0 Å². The van der Waals surface area contributed by atoms with Crippen LogP contribution in [0.25, 0.3) is 0 Å². The van der Waals surface area contributed by atoms with E-state index in [0.29, 0.717) is 11.3 Å². The van der Waals surface area contributed by atoms with Crippen LogP contribution in [0, 0.1) is 5.82 Å². The van der Waals surface area contributed by atoms with E-state index in [1.807, 2.05) is 0 Å². The number of carbonyl (C=O) groups is 2. The van der Waals surface area contributed by atoms with Crippen LogP contribution in [-0.2, 0) is 11.3 Å². The van der Waals surface area contributed by atoms with Crippen molar-refractivity contribution in [3.8, 4) is 0 Å². The standard InChI is InChI=1S/C15H15FN4O3/c16-12-5-3-11(4-6-12)8-19-20-14(21)10-18-15(22)17-9-13-2-1-7-23-13/h1-8H,9-10H2,(H,20,21)(H2,17,18,22)/b19-8-.